The highest BCUT2D eigenvalue weighted by molar-refractivity contribution is 6.22. The van der Waals surface area contributed by atoms with Crippen molar-refractivity contribution in [3.8, 4) is 0 Å². The number of hydrogen-bond acceptors (Lipinski definition) is 0. The molecule has 0 spiro atoms. The van der Waals surface area contributed by atoms with E-state index in [1.165, 1.54) is 16.2 Å². The van der Waals surface area contributed by atoms with Crippen LogP contribution in [0.25, 0.3) is 32.3 Å². The molecule has 0 aliphatic rings. The van der Waals surface area contributed by atoms with Crippen molar-refractivity contribution in [1.82, 2.24) is 0 Å². The van der Waals surface area contributed by atoms with Gasteiger partial charge in [0.05, 0.1) is 0 Å². The van der Waals surface area contributed by atoms with Crippen molar-refractivity contribution in [2.45, 2.75) is 0 Å². The second-order valence-corrected chi connectivity index (χ2v) is 4.40. The molecule has 0 saturated heterocycles. The van der Waals surface area contributed by atoms with Crippen LogP contribution in [0.3, 0.4) is 0 Å². The molecule has 0 nitrogen and oxygen atoms in total. The van der Waals surface area contributed by atoms with Gasteiger partial charge in [-0.1, -0.05) is 48.5 Å². The second kappa shape index (κ2) is 2.95. The number of hydrogen-bond donors (Lipinski definition) is 0. The summed E-state index contributed by atoms with van der Waals surface area (Å²) in [4.78, 5) is 0. The summed E-state index contributed by atoms with van der Waals surface area (Å²) in [6, 6.07) is 17.6. The summed E-state index contributed by atoms with van der Waals surface area (Å²) in [5, 5.41) is 6.37. The zero-order valence-electron chi connectivity index (χ0n) is 9.07. The summed E-state index contributed by atoms with van der Waals surface area (Å²) in [6.07, 6.45) is 0. The fraction of sp³-hybridized carbons (Fsp3) is 0. The van der Waals surface area contributed by atoms with Crippen molar-refractivity contribution in [2.24, 2.45) is 0 Å². The Labute approximate surface area is 97.6 Å². The lowest BCUT2D eigenvalue weighted by atomic mass is 9.94. The fourth-order valence-electron chi connectivity index (χ4n) is 2.70. The molecule has 0 saturated carbocycles. The number of rotatable bonds is 0. The highest BCUT2D eigenvalue weighted by Gasteiger charge is 2.09. The molecule has 0 aliphatic carbocycles. The first kappa shape index (κ1) is 8.94. The van der Waals surface area contributed by atoms with Crippen molar-refractivity contribution >= 4 is 32.3 Å². The van der Waals surface area contributed by atoms with Gasteiger partial charge in [-0.15, -0.1) is 0 Å². The Morgan fingerprint density at radius 2 is 1.18 bits per heavy atom. The fourth-order valence-corrected chi connectivity index (χ4v) is 2.70. The molecule has 0 aromatic heterocycles. The van der Waals surface area contributed by atoms with E-state index in [1.807, 2.05) is 24.3 Å². The highest BCUT2D eigenvalue weighted by atomic mass is 19.1. The van der Waals surface area contributed by atoms with Gasteiger partial charge in [0.1, 0.15) is 5.82 Å². The molecule has 0 atom stereocenters. The minimum Gasteiger partial charge on any atom is -0.206 e. The first-order valence-corrected chi connectivity index (χ1v) is 5.67. The Balaban J connectivity index is 2.48. The normalized spacial score (nSPS) is 11.8. The molecule has 1 heteroatoms. The van der Waals surface area contributed by atoms with Crippen LogP contribution in [0.5, 0.6) is 0 Å². The van der Waals surface area contributed by atoms with E-state index in [0.717, 1.165) is 10.8 Å². The van der Waals surface area contributed by atoms with E-state index >= 15 is 0 Å². The predicted octanol–water partition coefficient (Wildman–Crippen LogP) is 4.72. The Morgan fingerprint density at radius 1 is 0.588 bits per heavy atom. The summed E-state index contributed by atoms with van der Waals surface area (Å²) in [5.41, 5.74) is 0. The zero-order chi connectivity index (χ0) is 11.4. The van der Waals surface area contributed by atoms with Gasteiger partial charge in [0.15, 0.2) is 0 Å². The van der Waals surface area contributed by atoms with Gasteiger partial charge in [0.25, 0.3) is 0 Å². The van der Waals surface area contributed by atoms with Gasteiger partial charge in [0.2, 0.25) is 0 Å². The summed E-state index contributed by atoms with van der Waals surface area (Å²) < 4.78 is 13.8. The first-order valence-electron chi connectivity index (χ1n) is 5.67. The topological polar surface area (TPSA) is 0 Å². The van der Waals surface area contributed by atoms with Gasteiger partial charge in [0, 0.05) is 10.8 Å². The molecule has 0 fully saturated rings. The van der Waals surface area contributed by atoms with Gasteiger partial charge < -0.3 is 0 Å². The van der Waals surface area contributed by atoms with Crippen molar-refractivity contribution < 1.29 is 4.39 Å². The zero-order valence-corrected chi connectivity index (χ0v) is 9.07. The number of halogens is 1. The van der Waals surface area contributed by atoms with Crippen LogP contribution in [0.1, 0.15) is 0 Å². The van der Waals surface area contributed by atoms with E-state index in [-0.39, 0.29) is 5.82 Å². The third-order valence-electron chi connectivity index (χ3n) is 3.48. The Morgan fingerprint density at radius 3 is 1.94 bits per heavy atom. The largest absolute Gasteiger partial charge is 0.206 e. The highest BCUT2D eigenvalue weighted by Crippen LogP contribution is 2.35. The second-order valence-electron chi connectivity index (χ2n) is 4.40. The van der Waals surface area contributed by atoms with Gasteiger partial charge in [-0.3, -0.25) is 0 Å². The number of benzene rings is 4. The summed E-state index contributed by atoms with van der Waals surface area (Å²) in [6.45, 7) is 0. The molecule has 4 aromatic rings. The van der Waals surface area contributed by atoms with Crippen LogP contribution in [-0.2, 0) is 0 Å². The Kier molecular flexibility index (Phi) is 1.55. The Bertz CT molecular complexity index is 830. The molecule has 0 aliphatic heterocycles. The molecular formula is C16H9F. The van der Waals surface area contributed by atoms with E-state index in [2.05, 4.69) is 24.3 Å². The van der Waals surface area contributed by atoms with Crippen LogP contribution in [0.15, 0.2) is 54.6 Å². The first-order chi connectivity index (χ1) is 8.34. The lowest BCUT2D eigenvalue weighted by Gasteiger charge is -2.10. The maximum absolute atomic E-state index is 13.8. The van der Waals surface area contributed by atoms with Crippen molar-refractivity contribution in [3.63, 3.8) is 0 Å². The lowest BCUT2D eigenvalue weighted by molar-refractivity contribution is 0.640. The molecule has 0 unspecified atom stereocenters. The smallest absolute Gasteiger partial charge is 0.131 e. The molecule has 4 aromatic carbocycles. The van der Waals surface area contributed by atoms with Crippen LogP contribution in [0.4, 0.5) is 4.39 Å². The van der Waals surface area contributed by atoms with Gasteiger partial charge in [-0.2, -0.15) is 0 Å². The van der Waals surface area contributed by atoms with Crippen molar-refractivity contribution in [2.75, 3.05) is 0 Å². The molecule has 0 bridgehead atoms. The molecule has 0 amide bonds. The van der Waals surface area contributed by atoms with Crippen LogP contribution >= 0.6 is 0 Å². The molecule has 0 radical (unpaired) electrons. The molecular weight excluding hydrogens is 211 g/mol. The third-order valence-corrected chi connectivity index (χ3v) is 3.48. The van der Waals surface area contributed by atoms with Gasteiger partial charge in [-0.25, -0.2) is 4.39 Å². The molecule has 80 valence electrons. The van der Waals surface area contributed by atoms with Crippen LogP contribution < -0.4 is 0 Å². The SMILES string of the molecule is Fc1ccc2ccc3cccc4ccc1c2c34. The summed E-state index contributed by atoms with van der Waals surface area (Å²) in [5.74, 6) is -0.143. The van der Waals surface area contributed by atoms with E-state index < -0.39 is 0 Å². The monoisotopic (exact) mass is 220 g/mol. The van der Waals surface area contributed by atoms with Crippen LogP contribution in [-0.4, -0.2) is 0 Å². The lowest BCUT2D eigenvalue weighted by Crippen LogP contribution is -1.85. The average molecular weight is 220 g/mol. The standard InChI is InChI=1S/C16H9F/c17-14-9-7-12-5-4-10-2-1-3-11-6-8-13(14)16(12)15(10)11/h1-9H. The molecule has 0 N–H and O–H groups in total. The summed E-state index contributed by atoms with van der Waals surface area (Å²) >= 11 is 0. The Hall–Kier alpha value is -2.15. The van der Waals surface area contributed by atoms with Gasteiger partial charge in [-0.05, 0) is 27.6 Å². The summed E-state index contributed by atoms with van der Waals surface area (Å²) in [7, 11) is 0. The van der Waals surface area contributed by atoms with Gasteiger partial charge >= 0.3 is 0 Å². The van der Waals surface area contributed by atoms with E-state index in [0.29, 0.717) is 5.39 Å². The maximum atomic E-state index is 13.8. The average Bonchev–Trinajstić information content (AvgIpc) is 2.38. The van der Waals surface area contributed by atoms with Crippen molar-refractivity contribution in [3.05, 3.63) is 60.4 Å². The van der Waals surface area contributed by atoms with E-state index in [4.69, 9.17) is 0 Å². The van der Waals surface area contributed by atoms with E-state index in [9.17, 15) is 4.39 Å². The minimum atomic E-state index is -0.143. The third kappa shape index (κ3) is 1.06. The molecule has 17 heavy (non-hydrogen) atoms. The predicted molar refractivity (Wildman–Crippen MR) is 70.1 cm³/mol. The van der Waals surface area contributed by atoms with Crippen molar-refractivity contribution in [1.29, 1.82) is 0 Å². The quantitative estimate of drug-likeness (QED) is 0.376. The molecule has 0 heterocycles. The minimum absolute atomic E-state index is 0.143. The van der Waals surface area contributed by atoms with Crippen LogP contribution in [0.2, 0.25) is 0 Å². The maximum Gasteiger partial charge on any atom is 0.131 e. The molecule has 4 rings (SSSR count). The van der Waals surface area contributed by atoms with E-state index in [1.54, 1.807) is 6.07 Å². The van der Waals surface area contributed by atoms with Crippen LogP contribution in [0, 0.1) is 5.82 Å².